The second-order valence-electron chi connectivity index (χ2n) is 16.4. The van der Waals surface area contributed by atoms with Gasteiger partial charge in [-0.15, -0.1) is 0 Å². The molecule has 0 radical (unpaired) electrons. The first-order chi connectivity index (χ1) is 28.1. The molecule has 0 amide bonds. The Kier molecular flexibility index (Phi) is 16.2. The van der Waals surface area contributed by atoms with E-state index in [4.69, 9.17) is 29.0 Å². The normalized spacial score (nSPS) is 24.3. The summed E-state index contributed by atoms with van der Waals surface area (Å²) in [5.74, 6) is 0.242. The van der Waals surface area contributed by atoms with E-state index in [2.05, 4.69) is 23.1 Å². The number of ether oxygens (including phenoxy) is 3. The van der Waals surface area contributed by atoms with Gasteiger partial charge in [0, 0.05) is 6.61 Å². The third-order valence-corrected chi connectivity index (χ3v) is 12.8. The van der Waals surface area contributed by atoms with Gasteiger partial charge >= 0.3 is 7.82 Å². The average Bonchev–Trinajstić information content (AvgIpc) is 3.45. The number of nitrogen functional groups attached to an aromatic ring is 1. The van der Waals surface area contributed by atoms with Crippen LogP contribution in [0, 0.1) is 0 Å². The lowest BCUT2D eigenvalue weighted by atomic mass is 9.91. The fourth-order valence-corrected chi connectivity index (χ4v) is 9.22. The first-order valence-electron chi connectivity index (χ1n) is 21.6. The van der Waals surface area contributed by atoms with Crippen LogP contribution in [0.25, 0.3) is 16.3 Å². The van der Waals surface area contributed by atoms with Gasteiger partial charge in [-0.3, -0.25) is 9.05 Å². The molecule has 0 spiro atoms. The molecule has 14 heteroatoms. The highest BCUT2D eigenvalue weighted by atomic mass is 31.2. The van der Waals surface area contributed by atoms with Crippen LogP contribution in [0.5, 0.6) is 0 Å². The molecule has 2 fully saturated rings. The van der Waals surface area contributed by atoms with Gasteiger partial charge in [0.05, 0.1) is 25.5 Å². The maximum Gasteiger partial charge on any atom is 0.472 e. The molecule has 4 aromatic rings. The lowest BCUT2D eigenvalue weighted by Gasteiger charge is -2.32. The Hall–Kier alpha value is -2.97. The van der Waals surface area contributed by atoms with E-state index in [1.165, 1.54) is 101 Å². The van der Waals surface area contributed by atoms with Crippen LogP contribution in [0.3, 0.4) is 0 Å². The summed E-state index contributed by atoms with van der Waals surface area (Å²) in [5, 5.41) is 29.2. The fourth-order valence-electron chi connectivity index (χ4n) is 8.24. The van der Waals surface area contributed by atoms with Crippen molar-refractivity contribution in [2.24, 2.45) is 0 Å². The zero-order valence-electron chi connectivity index (χ0n) is 34.4. The molecule has 7 atom stereocenters. The molecule has 2 unspecified atom stereocenters. The molecule has 2 aromatic heterocycles. The summed E-state index contributed by atoms with van der Waals surface area (Å²) < 4.78 is 43.8. The van der Waals surface area contributed by atoms with Gasteiger partial charge in [-0.1, -0.05) is 140 Å². The van der Waals surface area contributed by atoms with Gasteiger partial charge in [0.25, 0.3) is 0 Å². The minimum Gasteiger partial charge on any atom is -0.386 e. The van der Waals surface area contributed by atoms with Gasteiger partial charge in [-0.05, 0) is 47.9 Å². The fraction of sp³-hybridized carbons (Fsp3) is 0.636. The quantitative estimate of drug-likeness (QED) is 0.0317. The third kappa shape index (κ3) is 11.2. The number of phosphoric acid groups is 1. The Morgan fingerprint density at radius 3 is 2.16 bits per heavy atom. The van der Waals surface area contributed by atoms with Crippen molar-refractivity contribution >= 4 is 29.9 Å². The molecular formula is C44H65N4O9P. The Morgan fingerprint density at radius 2 is 1.52 bits per heavy atom. The summed E-state index contributed by atoms with van der Waals surface area (Å²) >= 11 is 0. The van der Waals surface area contributed by atoms with E-state index in [1.807, 2.05) is 36.4 Å². The molecule has 0 bridgehead atoms. The van der Waals surface area contributed by atoms with Gasteiger partial charge in [-0.2, -0.15) is 5.10 Å². The SMILES string of the molecule is CCCCCCCCCCCCCCCCCCOC[C@H](COP(=O)(O)OC1[C@H]2O[C@@](C)(c3ccc4c(N)ncnn34)[C@H](O)[C@@]12O)OCc1ccc2ccccc2c1. The van der Waals surface area contributed by atoms with Gasteiger partial charge in [0.1, 0.15) is 41.9 Å². The number of hydrogen-bond acceptors (Lipinski definition) is 11. The Morgan fingerprint density at radius 1 is 0.879 bits per heavy atom. The van der Waals surface area contributed by atoms with Crippen molar-refractivity contribution in [3.05, 3.63) is 72.2 Å². The van der Waals surface area contributed by atoms with Crippen molar-refractivity contribution in [2.45, 2.75) is 159 Å². The number of aliphatic hydroxyl groups excluding tert-OH is 1. The van der Waals surface area contributed by atoms with E-state index in [0.717, 1.165) is 29.2 Å². The Bertz CT molecular complexity index is 1930. The summed E-state index contributed by atoms with van der Waals surface area (Å²) in [6, 6.07) is 17.5. The number of phosphoric ester groups is 1. The largest absolute Gasteiger partial charge is 0.472 e. The predicted molar refractivity (Wildman–Crippen MR) is 224 cm³/mol. The van der Waals surface area contributed by atoms with E-state index in [9.17, 15) is 19.7 Å². The van der Waals surface area contributed by atoms with E-state index in [0.29, 0.717) is 17.8 Å². The number of hydrogen-bond donors (Lipinski definition) is 4. The van der Waals surface area contributed by atoms with Gasteiger partial charge in [0.2, 0.25) is 0 Å². The van der Waals surface area contributed by atoms with Crippen molar-refractivity contribution in [1.29, 1.82) is 0 Å². The van der Waals surface area contributed by atoms with E-state index < -0.39 is 43.4 Å². The summed E-state index contributed by atoms with van der Waals surface area (Å²) in [6.07, 6.45) is 17.4. The number of nitrogens with zero attached hydrogens (tertiary/aromatic N) is 3. The molecule has 13 nitrogen and oxygen atoms in total. The molecule has 1 aliphatic heterocycles. The number of benzene rings is 2. The van der Waals surface area contributed by atoms with Crippen LogP contribution >= 0.6 is 7.82 Å². The predicted octanol–water partition coefficient (Wildman–Crippen LogP) is 8.55. The van der Waals surface area contributed by atoms with Crippen molar-refractivity contribution < 1.29 is 42.9 Å². The van der Waals surface area contributed by atoms with Crippen LogP contribution in [-0.4, -0.2) is 79.5 Å². The van der Waals surface area contributed by atoms with Gasteiger partial charge in [-0.25, -0.2) is 14.1 Å². The highest BCUT2D eigenvalue weighted by molar-refractivity contribution is 7.47. The molecule has 320 valence electrons. The number of nitrogens with two attached hydrogens (primary N) is 1. The van der Waals surface area contributed by atoms with Crippen molar-refractivity contribution in [1.82, 2.24) is 14.6 Å². The second kappa shape index (κ2) is 21.0. The first-order valence-corrected chi connectivity index (χ1v) is 23.1. The number of rotatable bonds is 28. The number of aliphatic hydroxyl groups is 2. The molecule has 3 heterocycles. The maximum absolute atomic E-state index is 13.2. The highest BCUT2D eigenvalue weighted by Crippen LogP contribution is 2.63. The average molecular weight is 825 g/mol. The Labute approximate surface area is 343 Å². The van der Waals surface area contributed by atoms with E-state index >= 15 is 0 Å². The molecular weight excluding hydrogens is 759 g/mol. The van der Waals surface area contributed by atoms with Gasteiger partial charge < -0.3 is 35.1 Å². The molecule has 1 saturated carbocycles. The minimum absolute atomic E-state index is 0.155. The van der Waals surface area contributed by atoms with Crippen LogP contribution in [0.15, 0.2) is 60.9 Å². The molecule has 58 heavy (non-hydrogen) atoms. The second-order valence-corrected chi connectivity index (χ2v) is 17.8. The monoisotopic (exact) mass is 824 g/mol. The van der Waals surface area contributed by atoms with Crippen LogP contribution < -0.4 is 5.73 Å². The molecule has 1 aliphatic carbocycles. The van der Waals surface area contributed by atoms with Gasteiger partial charge in [0.15, 0.2) is 11.4 Å². The third-order valence-electron chi connectivity index (χ3n) is 11.8. The Balaban J connectivity index is 0.921. The van der Waals surface area contributed by atoms with Crippen LogP contribution in [0.1, 0.15) is 128 Å². The highest BCUT2D eigenvalue weighted by Gasteiger charge is 2.82. The number of aromatic nitrogens is 3. The molecule has 5 N–H and O–H groups in total. The number of anilines is 1. The first kappa shape index (κ1) is 44.6. The lowest BCUT2D eigenvalue weighted by molar-refractivity contribution is -0.127. The number of unbranched alkanes of at least 4 members (excludes halogenated alkanes) is 15. The number of fused-ring (bicyclic) bond motifs is 3. The minimum atomic E-state index is -4.75. The van der Waals surface area contributed by atoms with Crippen LogP contribution in [0.4, 0.5) is 5.82 Å². The molecule has 2 aliphatic rings. The van der Waals surface area contributed by atoms with E-state index in [1.54, 1.807) is 19.1 Å². The summed E-state index contributed by atoms with van der Waals surface area (Å²) in [7, 11) is -4.75. The summed E-state index contributed by atoms with van der Waals surface area (Å²) in [5.41, 5.74) is 4.48. The van der Waals surface area contributed by atoms with Crippen molar-refractivity contribution in [3.63, 3.8) is 0 Å². The summed E-state index contributed by atoms with van der Waals surface area (Å²) in [4.78, 5) is 14.8. The smallest absolute Gasteiger partial charge is 0.386 e. The zero-order chi connectivity index (χ0) is 41.0. The van der Waals surface area contributed by atoms with Crippen molar-refractivity contribution in [2.75, 3.05) is 25.6 Å². The zero-order valence-corrected chi connectivity index (χ0v) is 35.3. The molecule has 1 saturated heterocycles. The standard InChI is InChI=1S/C44H65N4O9P/c1-3-4-5-6-7-8-9-10-11-12-13-14-15-16-17-20-27-53-30-36(54-29-33-23-24-34-21-18-19-22-35(34)28-33)31-55-58(51,52)57-40-39-44(40,50)42(49)43(2,56-39)38-26-25-37-41(45)46-32-47-48(37)38/h18-19,21-26,28,32,36,39-40,42,49-50H,3-17,20,27,29-31H2,1-2H3,(H,51,52)(H2,45,46,47)/t36-,39-,40?,42+,43+,44+/m1/s1. The van der Waals surface area contributed by atoms with Crippen LogP contribution in [0.2, 0.25) is 0 Å². The van der Waals surface area contributed by atoms with Crippen LogP contribution in [-0.2, 0) is 40.0 Å². The lowest BCUT2D eigenvalue weighted by Crippen LogP contribution is -2.46. The van der Waals surface area contributed by atoms with Crippen molar-refractivity contribution in [3.8, 4) is 0 Å². The summed E-state index contributed by atoms with van der Waals surface area (Å²) in [6.45, 7) is 4.51. The topological polar surface area (TPSA) is 180 Å². The molecule has 6 rings (SSSR count). The molecule has 2 aromatic carbocycles. The maximum atomic E-state index is 13.2. The van der Waals surface area contributed by atoms with E-state index in [-0.39, 0.29) is 25.6 Å².